The molecule has 1 heterocycles. The van der Waals surface area contributed by atoms with Crippen molar-refractivity contribution in [2.24, 2.45) is 17.8 Å². The average Bonchev–Trinajstić information content (AvgIpc) is 2.93. The maximum Gasteiger partial charge on any atom is 0.233 e. The zero-order chi connectivity index (χ0) is 16.7. The molecule has 5 rings (SSSR count). The minimum absolute atomic E-state index is 0.0940. The van der Waals surface area contributed by atoms with Gasteiger partial charge >= 0.3 is 0 Å². The molecule has 4 bridgehead atoms. The number of anilines is 1. The Kier molecular flexibility index (Phi) is 4.49. The Morgan fingerprint density at radius 3 is 2.46 bits per heavy atom. The van der Waals surface area contributed by atoms with Crippen LogP contribution in [0.5, 0.6) is 0 Å². The fourth-order valence-electron chi connectivity index (χ4n) is 5.31. The van der Waals surface area contributed by atoms with Gasteiger partial charge in [-0.1, -0.05) is 23.1 Å². The van der Waals surface area contributed by atoms with E-state index in [1.54, 1.807) is 0 Å². The lowest BCUT2D eigenvalue weighted by molar-refractivity contribution is -0.126. The summed E-state index contributed by atoms with van der Waals surface area (Å²) in [6.07, 6.45) is 7.80. The summed E-state index contributed by atoms with van der Waals surface area (Å²) in [5, 5.41) is 15.6. The van der Waals surface area contributed by atoms with E-state index >= 15 is 0 Å². The number of hydrogen-bond donors (Lipinski definition) is 2. The van der Waals surface area contributed by atoms with Gasteiger partial charge in [0.15, 0.2) is 4.34 Å². The van der Waals surface area contributed by atoms with Crippen LogP contribution in [0, 0.1) is 17.8 Å². The lowest BCUT2D eigenvalue weighted by atomic mass is 9.53. The maximum absolute atomic E-state index is 12.8. The number of hydrogen-bond acceptors (Lipinski definition) is 6. The topological polar surface area (TPSA) is 66.9 Å². The van der Waals surface area contributed by atoms with Gasteiger partial charge in [-0.05, 0) is 70.1 Å². The predicted molar refractivity (Wildman–Crippen MR) is 98.4 cm³/mol. The normalized spacial score (nSPS) is 35.0. The summed E-state index contributed by atoms with van der Waals surface area (Å²) >= 11 is 3.04. The summed E-state index contributed by atoms with van der Waals surface area (Å²) in [7, 11) is 0. The molecule has 2 N–H and O–H groups in total. The van der Waals surface area contributed by atoms with Crippen LogP contribution < -0.4 is 10.6 Å². The Morgan fingerprint density at radius 2 is 1.88 bits per heavy atom. The van der Waals surface area contributed by atoms with Crippen LogP contribution in [0.1, 0.15) is 52.4 Å². The molecule has 0 spiro atoms. The van der Waals surface area contributed by atoms with Crippen molar-refractivity contribution in [3.8, 4) is 0 Å². The molecule has 1 atom stereocenters. The second-order valence-electron chi connectivity index (χ2n) is 7.85. The summed E-state index contributed by atoms with van der Waals surface area (Å²) in [6, 6.07) is 0. The van der Waals surface area contributed by atoms with Crippen molar-refractivity contribution in [3.63, 3.8) is 0 Å². The highest BCUT2D eigenvalue weighted by Gasteiger charge is 2.51. The zero-order valence-electron chi connectivity index (χ0n) is 14.4. The summed E-state index contributed by atoms with van der Waals surface area (Å²) in [4.78, 5) is 12.8. The van der Waals surface area contributed by atoms with Gasteiger partial charge in [-0.25, -0.2) is 0 Å². The Hall–Kier alpha value is -0.820. The summed E-state index contributed by atoms with van der Waals surface area (Å²) in [6.45, 7) is 4.85. The van der Waals surface area contributed by atoms with E-state index in [9.17, 15) is 4.79 Å². The Labute approximate surface area is 151 Å². The summed E-state index contributed by atoms with van der Waals surface area (Å²) < 4.78 is 0.860. The molecule has 1 aromatic rings. The number of nitrogens with one attached hydrogen (secondary N) is 2. The van der Waals surface area contributed by atoms with Gasteiger partial charge in [-0.2, -0.15) is 0 Å². The van der Waals surface area contributed by atoms with Gasteiger partial charge in [-0.3, -0.25) is 4.79 Å². The van der Waals surface area contributed by atoms with Gasteiger partial charge in [0.1, 0.15) is 0 Å². The number of carbonyl (C=O) groups is 1. The standard InChI is InChI=1S/C17H26N4OS2/c1-3-18-15-20-21-16(24-15)23-10(2)14(22)19-17-7-11-4-12(8-17)6-13(5-11)9-17/h10-13H,3-9H2,1-2H3,(H,18,20)(H,19,22)/t10-,11?,12?,13?,17?/m1/s1. The molecule has 4 aliphatic carbocycles. The molecule has 0 radical (unpaired) electrons. The zero-order valence-corrected chi connectivity index (χ0v) is 16.0. The number of amides is 1. The van der Waals surface area contributed by atoms with Gasteiger partial charge in [0.2, 0.25) is 11.0 Å². The monoisotopic (exact) mass is 366 g/mol. The number of aromatic nitrogens is 2. The van der Waals surface area contributed by atoms with Crippen LogP contribution in [0.15, 0.2) is 4.34 Å². The third-order valence-corrected chi connectivity index (χ3v) is 7.87. The summed E-state index contributed by atoms with van der Waals surface area (Å²) in [5.41, 5.74) is 0.0940. The molecule has 132 valence electrons. The lowest BCUT2D eigenvalue weighted by Gasteiger charge is -2.57. The van der Waals surface area contributed by atoms with E-state index in [0.717, 1.165) is 33.8 Å². The van der Waals surface area contributed by atoms with Crippen molar-refractivity contribution in [3.05, 3.63) is 0 Å². The fourth-order valence-corrected chi connectivity index (χ4v) is 7.28. The quantitative estimate of drug-likeness (QED) is 0.754. The molecule has 1 amide bonds. The SMILES string of the molecule is CCNc1nnc(S[C@H](C)C(=O)NC23CC4CC(CC(C4)C2)C3)s1. The molecule has 1 aromatic heterocycles. The summed E-state index contributed by atoms with van der Waals surface area (Å²) in [5.74, 6) is 2.73. The van der Waals surface area contributed by atoms with Crippen molar-refractivity contribution in [1.82, 2.24) is 15.5 Å². The largest absolute Gasteiger partial charge is 0.360 e. The predicted octanol–water partition coefficient (Wildman–Crippen LogP) is 3.54. The molecule has 4 fully saturated rings. The number of carbonyl (C=O) groups excluding carboxylic acids is 1. The van der Waals surface area contributed by atoms with Crippen LogP contribution in [0.4, 0.5) is 5.13 Å². The molecule has 5 nitrogen and oxygen atoms in total. The van der Waals surface area contributed by atoms with Crippen LogP contribution in [0.3, 0.4) is 0 Å². The third-order valence-electron chi connectivity index (χ3n) is 5.81. The molecular formula is C17H26N4OS2. The molecular weight excluding hydrogens is 340 g/mol. The first-order valence-electron chi connectivity index (χ1n) is 9.11. The molecule has 4 saturated carbocycles. The third kappa shape index (κ3) is 3.29. The first kappa shape index (κ1) is 16.6. The molecule has 0 aromatic carbocycles. The fraction of sp³-hybridized carbons (Fsp3) is 0.824. The van der Waals surface area contributed by atoms with Crippen LogP contribution in [-0.4, -0.2) is 33.4 Å². The molecule has 7 heteroatoms. The number of rotatable bonds is 6. The highest BCUT2D eigenvalue weighted by molar-refractivity contribution is 8.02. The highest BCUT2D eigenvalue weighted by Crippen LogP contribution is 2.55. The molecule has 4 aliphatic rings. The van der Waals surface area contributed by atoms with Gasteiger partial charge in [0.25, 0.3) is 0 Å². The lowest BCUT2D eigenvalue weighted by Crippen LogP contribution is -2.60. The van der Waals surface area contributed by atoms with Crippen molar-refractivity contribution < 1.29 is 4.79 Å². The van der Waals surface area contributed by atoms with E-state index in [4.69, 9.17) is 0 Å². The van der Waals surface area contributed by atoms with Crippen molar-refractivity contribution in [2.75, 3.05) is 11.9 Å². The maximum atomic E-state index is 12.8. The first-order valence-corrected chi connectivity index (χ1v) is 10.8. The van der Waals surface area contributed by atoms with Crippen molar-refractivity contribution in [1.29, 1.82) is 0 Å². The number of nitrogens with zero attached hydrogens (tertiary/aromatic N) is 2. The smallest absolute Gasteiger partial charge is 0.233 e. The molecule has 0 unspecified atom stereocenters. The van der Waals surface area contributed by atoms with Crippen LogP contribution in [0.25, 0.3) is 0 Å². The second-order valence-corrected chi connectivity index (χ2v) is 10.4. The Bertz CT molecular complexity index is 582. The van der Waals surface area contributed by atoms with Gasteiger partial charge < -0.3 is 10.6 Å². The van der Waals surface area contributed by atoms with Crippen molar-refractivity contribution in [2.45, 2.75) is 67.5 Å². The first-order chi connectivity index (χ1) is 11.5. The van der Waals surface area contributed by atoms with Gasteiger partial charge in [-0.15, -0.1) is 10.2 Å². The van der Waals surface area contributed by atoms with E-state index in [1.165, 1.54) is 61.6 Å². The van der Waals surface area contributed by atoms with Gasteiger partial charge in [0, 0.05) is 12.1 Å². The van der Waals surface area contributed by atoms with Gasteiger partial charge in [0.05, 0.1) is 5.25 Å². The van der Waals surface area contributed by atoms with Crippen LogP contribution >= 0.6 is 23.1 Å². The highest BCUT2D eigenvalue weighted by atomic mass is 32.2. The second kappa shape index (κ2) is 6.48. The van der Waals surface area contributed by atoms with Crippen LogP contribution in [0.2, 0.25) is 0 Å². The van der Waals surface area contributed by atoms with Crippen molar-refractivity contribution >= 4 is 34.1 Å². The Morgan fingerprint density at radius 1 is 1.25 bits per heavy atom. The minimum Gasteiger partial charge on any atom is -0.360 e. The van der Waals surface area contributed by atoms with E-state index in [1.807, 2.05) is 13.8 Å². The average molecular weight is 367 g/mol. The molecule has 0 saturated heterocycles. The molecule has 0 aliphatic heterocycles. The van der Waals surface area contributed by atoms with E-state index in [-0.39, 0.29) is 16.7 Å². The molecule has 24 heavy (non-hydrogen) atoms. The van der Waals surface area contributed by atoms with Crippen LogP contribution in [-0.2, 0) is 4.79 Å². The number of thioether (sulfide) groups is 1. The van der Waals surface area contributed by atoms with E-state index in [0.29, 0.717) is 0 Å². The van der Waals surface area contributed by atoms with E-state index < -0.39 is 0 Å². The minimum atomic E-state index is -0.125. The van der Waals surface area contributed by atoms with E-state index in [2.05, 4.69) is 20.8 Å². The Balaban J connectivity index is 1.37.